The third-order valence-corrected chi connectivity index (χ3v) is 2.65. The second kappa shape index (κ2) is 5.58. The lowest BCUT2D eigenvalue weighted by atomic mass is 10.1. The molecule has 19 heavy (non-hydrogen) atoms. The lowest BCUT2D eigenvalue weighted by Crippen LogP contribution is -2.14. The van der Waals surface area contributed by atoms with Crippen LogP contribution in [0.15, 0.2) is 42.6 Å². The van der Waals surface area contributed by atoms with Gasteiger partial charge in [0.2, 0.25) is 5.95 Å². The predicted octanol–water partition coefficient (Wildman–Crippen LogP) is 2.53. The van der Waals surface area contributed by atoms with Gasteiger partial charge < -0.3 is 10.4 Å². The van der Waals surface area contributed by atoms with Crippen LogP contribution < -0.4 is 5.32 Å². The summed E-state index contributed by atoms with van der Waals surface area (Å²) in [7, 11) is 0. The number of aliphatic hydroxyl groups excluding tert-OH is 1. The Morgan fingerprint density at radius 2 is 2.11 bits per heavy atom. The van der Waals surface area contributed by atoms with Gasteiger partial charge in [-0.15, -0.1) is 0 Å². The summed E-state index contributed by atoms with van der Waals surface area (Å²) in [6, 6.07) is 9.38. The van der Waals surface area contributed by atoms with Gasteiger partial charge in [0, 0.05) is 29.1 Å². The van der Waals surface area contributed by atoms with Gasteiger partial charge in [0.25, 0.3) is 5.91 Å². The fourth-order valence-electron chi connectivity index (χ4n) is 1.71. The fraction of sp³-hybridized carbons (Fsp3) is 0.143. The van der Waals surface area contributed by atoms with Crippen LogP contribution >= 0.6 is 0 Å². The smallest absolute Gasteiger partial charge is 0.255 e. The van der Waals surface area contributed by atoms with Crippen LogP contribution in [0.3, 0.4) is 0 Å². The van der Waals surface area contributed by atoms with Gasteiger partial charge >= 0.3 is 0 Å². The Balaban J connectivity index is 2.24. The van der Waals surface area contributed by atoms with Crippen molar-refractivity contribution in [1.82, 2.24) is 4.98 Å². The van der Waals surface area contributed by atoms with Gasteiger partial charge in [0.1, 0.15) is 0 Å². The highest BCUT2D eigenvalue weighted by Crippen LogP contribution is 2.22. The molecular weight excluding hydrogens is 247 g/mol. The van der Waals surface area contributed by atoms with Crippen molar-refractivity contribution in [3.63, 3.8) is 0 Å². The first kappa shape index (κ1) is 13.2. The maximum Gasteiger partial charge on any atom is 0.255 e. The molecule has 4 nitrogen and oxygen atoms in total. The number of aliphatic hydroxyl groups is 1. The molecule has 1 heterocycles. The average Bonchev–Trinajstić information content (AvgIpc) is 2.39. The van der Waals surface area contributed by atoms with E-state index < -0.39 is 18.0 Å². The predicted molar refractivity (Wildman–Crippen MR) is 69.2 cm³/mol. The standard InChI is InChI=1S/C14H13FN2O2/c1-9(18)11-4-2-3-5-12(11)17-14(19)10-6-7-16-13(15)8-10/h2-9,18H,1H3,(H,17,19). The summed E-state index contributed by atoms with van der Waals surface area (Å²) >= 11 is 0. The molecule has 1 atom stereocenters. The zero-order chi connectivity index (χ0) is 13.8. The summed E-state index contributed by atoms with van der Waals surface area (Å²) in [6.07, 6.45) is 0.524. The summed E-state index contributed by atoms with van der Waals surface area (Å²) in [4.78, 5) is 15.3. The highest BCUT2D eigenvalue weighted by atomic mass is 19.1. The normalized spacial score (nSPS) is 11.9. The van der Waals surface area contributed by atoms with Crippen molar-refractivity contribution in [2.24, 2.45) is 0 Å². The number of nitrogens with zero attached hydrogens (tertiary/aromatic N) is 1. The van der Waals surface area contributed by atoms with Crippen LogP contribution in [0, 0.1) is 5.95 Å². The first-order valence-corrected chi connectivity index (χ1v) is 5.78. The van der Waals surface area contributed by atoms with Gasteiger partial charge in [0.05, 0.1) is 6.10 Å². The minimum absolute atomic E-state index is 0.174. The van der Waals surface area contributed by atoms with Crippen LogP contribution in [0.2, 0.25) is 0 Å². The van der Waals surface area contributed by atoms with Crippen LogP contribution in [0.25, 0.3) is 0 Å². The number of amides is 1. The van der Waals surface area contributed by atoms with E-state index in [9.17, 15) is 14.3 Å². The number of carbonyl (C=O) groups excluding carboxylic acids is 1. The molecule has 0 aliphatic carbocycles. The Labute approximate surface area is 109 Å². The Morgan fingerprint density at radius 3 is 2.79 bits per heavy atom. The molecule has 0 spiro atoms. The molecule has 0 aliphatic rings. The summed E-state index contributed by atoms with van der Waals surface area (Å²) in [5.74, 6) is -1.16. The lowest BCUT2D eigenvalue weighted by molar-refractivity contribution is 0.102. The molecule has 1 amide bonds. The molecule has 0 aliphatic heterocycles. The number of carbonyl (C=O) groups is 1. The quantitative estimate of drug-likeness (QED) is 0.833. The average molecular weight is 260 g/mol. The van der Waals surface area contributed by atoms with Gasteiger partial charge in [-0.25, -0.2) is 4.98 Å². The van der Waals surface area contributed by atoms with E-state index in [0.29, 0.717) is 11.3 Å². The minimum Gasteiger partial charge on any atom is -0.389 e. The third kappa shape index (κ3) is 3.14. The number of pyridine rings is 1. The first-order valence-electron chi connectivity index (χ1n) is 5.78. The van der Waals surface area contributed by atoms with Crippen molar-refractivity contribution in [3.05, 3.63) is 59.7 Å². The van der Waals surface area contributed by atoms with E-state index in [4.69, 9.17) is 0 Å². The molecule has 2 aromatic rings. The summed E-state index contributed by atoms with van der Waals surface area (Å²) in [5.41, 5.74) is 1.28. The summed E-state index contributed by atoms with van der Waals surface area (Å²) in [5, 5.41) is 12.3. The highest BCUT2D eigenvalue weighted by molar-refractivity contribution is 6.04. The van der Waals surface area contributed by atoms with Crippen molar-refractivity contribution in [1.29, 1.82) is 0 Å². The number of aromatic nitrogens is 1. The van der Waals surface area contributed by atoms with Crippen molar-refractivity contribution < 1.29 is 14.3 Å². The largest absolute Gasteiger partial charge is 0.389 e. The fourth-order valence-corrected chi connectivity index (χ4v) is 1.71. The number of nitrogens with one attached hydrogen (secondary N) is 1. The van der Waals surface area contributed by atoms with E-state index in [2.05, 4.69) is 10.3 Å². The van der Waals surface area contributed by atoms with E-state index >= 15 is 0 Å². The van der Waals surface area contributed by atoms with Crippen molar-refractivity contribution in [3.8, 4) is 0 Å². The number of hydrogen-bond donors (Lipinski definition) is 2. The Bertz CT molecular complexity index is 600. The molecule has 1 aromatic heterocycles. The molecular formula is C14H13FN2O2. The molecule has 1 aromatic carbocycles. The van der Waals surface area contributed by atoms with Gasteiger partial charge in [-0.05, 0) is 19.1 Å². The summed E-state index contributed by atoms with van der Waals surface area (Å²) in [6.45, 7) is 1.61. The monoisotopic (exact) mass is 260 g/mol. The van der Waals surface area contributed by atoms with Crippen LogP contribution in [-0.2, 0) is 0 Å². The van der Waals surface area contributed by atoms with E-state index in [-0.39, 0.29) is 5.56 Å². The van der Waals surface area contributed by atoms with Crippen LogP contribution in [-0.4, -0.2) is 16.0 Å². The molecule has 2 rings (SSSR count). The number of halogens is 1. The van der Waals surface area contributed by atoms with Gasteiger partial charge in [-0.3, -0.25) is 4.79 Å². The molecule has 1 unspecified atom stereocenters. The molecule has 0 fully saturated rings. The Morgan fingerprint density at radius 1 is 1.37 bits per heavy atom. The van der Waals surface area contributed by atoms with Crippen molar-refractivity contribution >= 4 is 11.6 Å². The molecule has 0 radical (unpaired) electrons. The van der Waals surface area contributed by atoms with Crippen molar-refractivity contribution in [2.75, 3.05) is 5.32 Å². The zero-order valence-corrected chi connectivity index (χ0v) is 10.3. The number of rotatable bonds is 3. The van der Waals surface area contributed by atoms with E-state index in [0.717, 1.165) is 6.07 Å². The van der Waals surface area contributed by atoms with Gasteiger partial charge in [-0.1, -0.05) is 18.2 Å². The van der Waals surface area contributed by atoms with E-state index in [1.165, 1.54) is 12.3 Å². The van der Waals surface area contributed by atoms with Crippen molar-refractivity contribution in [2.45, 2.75) is 13.0 Å². The number of anilines is 1. The Kier molecular flexibility index (Phi) is 3.87. The molecule has 2 N–H and O–H groups in total. The Hall–Kier alpha value is -2.27. The lowest BCUT2D eigenvalue weighted by Gasteiger charge is -2.12. The van der Waals surface area contributed by atoms with Crippen LogP contribution in [0.1, 0.15) is 28.9 Å². The van der Waals surface area contributed by atoms with Crippen LogP contribution in [0.4, 0.5) is 10.1 Å². The SMILES string of the molecule is CC(O)c1ccccc1NC(=O)c1ccnc(F)c1. The first-order chi connectivity index (χ1) is 9.08. The second-order valence-corrected chi connectivity index (χ2v) is 4.08. The molecule has 0 saturated heterocycles. The topological polar surface area (TPSA) is 62.2 Å². The zero-order valence-electron chi connectivity index (χ0n) is 10.3. The molecule has 5 heteroatoms. The number of hydrogen-bond acceptors (Lipinski definition) is 3. The van der Waals surface area contributed by atoms with E-state index in [1.807, 2.05) is 0 Å². The van der Waals surface area contributed by atoms with Gasteiger partial charge in [0.15, 0.2) is 0 Å². The molecule has 0 saturated carbocycles. The minimum atomic E-state index is -0.712. The maximum atomic E-state index is 12.9. The molecule has 98 valence electrons. The highest BCUT2D eigenvalue weighted by Gasteiger charge is 2.12. The molecule has 0 bridgehead atoms. The third-order valence-electron chi connectivity index (χ3n) is 2.65. The second-order valence-electron chi connectivity index (χ2n) is 4.08. The number of benzene rings is 1. The van der Waals surface area contributed by atoms with Crippen LogP contribution in [0.5, 0.6) is 0 Å². The maximum absolute atomic E-state index is 12.9. The summed E-state index contributed by atoms with van der Waals surface area (Å²) < 4.78 is 12.9. The van der Waals surface area contributed by atoms with E-state index in [1.54, 1.807) is 31.2 Å². The van der Waals surface area contributed by atoms with Gasteiger partial charge in [-0.2, -0.15) is 4.39 Å². The number of para-hydroxylation sites is 1.